The van der Waals surface area contributed by atoms with Gasteiger partial charge in [-0.25, -0.2) is 4.79 Å². The minimum atomic E-state index is -0.333. The summed E-state index contributed by atoms with van der Waals surface area (Å²) in [4.78, 5) is 12.3. The van der Waals surface area contributed by atoms with Crippen LogP contribution in [0.2, 0.25) is 0 Å². The molecule has 0 aliphatic carbocycles. The lowest BCUT2D eigenvalue weighted by Gasteiger charge is -2.09. The van der Waals surface area contributed by atoms with E-state index >= 15 is 0 Å². The SMILES string of the molecule is Cc1cc2c(Br)cccc2cc1C(=O)Oc1ccccc1. The van der Waals surface area contributed by atoms with Crippen LogP contribution in [0.25, 0.3) is 10.8 Å². The summed E-state index contributed by atoms with van der Waals surface area (Å²) in [5.41, 5.74) is 1.49. The Kier molecular flexibility index (Phi) is 3.76. The lowest BCUT2D eigenvalue weighted by molar-refractivity contribution is 0.0734. The van der Waals surface area contributed by atoms with Crippen LogP contribution in [-0.4, -0.2) is 5.97 Å². The zero-order chi connectivity index (χ0) is 14.8. The van der Waals surface area contributed by atoms with Crippen molar-refractivity contribution in [3.8, 4) is 5.75 Å². The van der Waals surface area contributed by atoms with Gasteiger partial charge in [0.15, 0.2) is 0 Å². The lowest BCUT2D eigenvalue weighted by atomic mass is 10.0. The Morgan fingerprint density at radius 1 is 1.00 bits per heavy atom. The molecule has 0 amide bonds. The summed E-state index contributed by atoms with van der Waals surface area (Å²) in [6.07, 6.45) is 0. The Hall–Kier alpha value is -2.13. The van der Waals surface area contributed by atoms with E-state index in [1.807, 2.05) is 55.5 Å². The van der Waals surface area contributed by atoms with Crippen molar-refractivity contribution < 1.29 is 9.53 Å². The van der Waals surface area contributed by atoms with Crippen molar-refractivity contribution in [2.24, 2.45) is 0 Å². The predicted molar refractivity (Wildman–Crippen MR) is 87.8 cm³/mol. The normalized spacial score (nSPS) is 10.6. The summed E-state index contributed by atoms with van der Waals surface area (Å²) in [6, 6.07) is 18.9. The molecule has 0 saturated carbocycles. The number of carbonyl (C=O) groups is 1. The van der Waals surface area contributed by atoms with E-state index in [0.29, 0.717) is 11.3 Å². The molecule has 0 aliphatic rings. The van der Waals surface area contributed by atoms with E-state index in [2.05, 4.69) is 15.9 Å². The molecule has 0 N–H and O–H groups in total. The average Bonchev–Trinajstić information content (AvgIpc) is 2.48. The van der Waals surface area contributed by atoms with Crippen molar-refractivity contribution in [3.63, 3.8) is 0 Å². The molecule has 0 spiro atoms. The molecule has 0 unspecified atom stereocenters. The van der Waals surface area contributed by atoms with Gasteiger partial charge in [-0.1, -0.05) is 46.3 Å². The van der Waals surface area contributed by atoms with Gasteiger partial charge in [-0.15, -0.1) is 0 Å². The number of hydrogen-bond donors (Lipinski definition) is 0. The molecule has 0 radical (unpaired) electrons. The third-order valence-electron chi connectivity index (χ3n) is 3.35. The van der Waals surface area contributed by atoms with Gasteiger partial charge in [0.25, 0.3) is 0 Å². The molecule has 3 heteroatoms. The van der Waals surface area contributed by atoms with E-state index in [4.69, 9.17) is 4.74 Å². The number of esters is 1. The summed E-state index contributed by atoms with van der Waals surface area (Å²) < 4.78 is 6.43. The average molecular weight is 341 g/mol. The molecule has 3 rings (SSSR count). The topological polar surface area (TPSA) is 26.3 Å². The standard InChI is InChI=1S/C18H13BrO2/c1-12-10-16-13(6-5-9-17(16)19)11-15(12)18(20)21-14-7-3-2-4-8-14/h2-11H,1H3. The molecular formula is C18H13BrO2. The number of para-hydroxylation sites is 1. The molecule has 21 heavy (non-hydrogen) atoms. The number of aryl methyl sites for hydroxylation is 1. The van der Waals surface area contributed by atoms with Crippen molar-refractivity contribution in [2.75, 3.05) is 0 Å². The van der Waals surface area contributed by atoms with E-state index in [1.165, 1.54) is 0 Å². The first-order valence-electron chi connectivity index (χ1n) is 6.61. The molecule has 0 aromatic heterocycles. The van der Waals surface area contributed by atoms with Crippen LogP contribution in [0, 0.1) is 6.92 Å². The first-order chi connectivity index (χ1) is 10.1. The molecular weight excluding hydrogens is 328 g/mol. The monoisotopic (exact) mass is 340 g/mol. The number of ether oxygens (including phenoxy) is 1. The van der Waals surface area contributed by atoms with E-state index < -0.39 is 0 Å². The summed E-state index contributed by atoms with van der Waals surface area (Å²) in [5, 5.41) is 2.10. The van der Waals surface area contributed by atoms with Crippen LogP contribution in [0.4, 0.5) is 0 Å². The van der Waals surface area contributed by atoms with Crippen LogP contribution in [0.5, 0.6) is 5.75 Å². The van der Waals surface area contributed by atoms with E-state index in [1.54, 1.807) is 12.1 Å². The van der Waals surface area contributed by atoms with Gasteiger partial charge in [-0.2, -0.15) is 0 Å². The maximum atomic E-state index is 12.3. The number of fused-ring (bicyclic) bond motifs is 1. The molecule has 0 aliphatic heterocycles. The number of rotatable bonds is 2. The first-order valence-corrected chi connectivity index (χ1v) is 7.40. The molecule has 0 atom stereocenters. The molecule has 3 aromatic rings. The van der Waals surface area contributed by atoms with Crippen molar-refractivity contribution in [3.05, 3.63) is 76.3 Å². The summed E-state index contributed by atoms with van der Waals surface area (Å²) >= 11 is 3.53. The van der Waals surface area contributed by atoms with Gasteiger partial charge in [0, 0.05) is 4.47 Å². The summed E-state index contributed by atoms with van der Waals surface area (Å²) in [6.45, 7) is 1.92. The molecule has 0 fully saturated rings. The van der Waals surface area contributed by atoms with Gasteiger partial charge in [0.2, 0.25) is 0 Å². The largest absolute Gasteiger partial charge is 0.423 e. The van der Waals surface area contributed by atoms with Gasteiger partial charge < -0.3 is 4.74 Å². The molecule has 3 aromatic carbocycles. The number of hydrogen-bond acceptors (Lipinski definition) is 2. The van der Waals surface area contributed by atoms with Crippen molar-refractivity contribution >= 4 is 32.7 Å². The molecule has 2 nitrogen and oxygen atoms in total. The zero-order valence-corrected chi connectivity index (χ0v) is 13.1. The smallest absolute Gasteiger partial charge is 0.343 e. The third-order valence-corrected chi connectivity index (χ3v) is 4.04. The van der Waals surface area contributed by atoms with Crippen LogP contribution in [0.1, 0.15) is 15.9 Å². The second-order valence-corrected chi connectivity index (χ2v) is 5.69. The van der Waals surface area contributed by atoms with E-state index in [9.17, 15) is 4.79 Å². The fourth-order valence-corrected chi connectivity index (χ4v) is 2.76. The lowest BCUT2D eigenvalue weighted by Crippen LogP contribution is -2.10. The highest BCUT2D eigenvalue weighted by atomic mass is 79.9. The third kappa shape index (κ3) is 2.83. The van der Waals surface area contributed by atoms with Gasteiger partial charge in [0.1, 0.15) is 5.75 Å². The van der Waals surface area contributed by atoms with E-state index in [0.717, 1.165) is 20.8 Å². The number of benzene rings is 3. The minimum absolute atomic E-state index is 0.333. The maximum Gasteiger partial charge on any atom is 0.343 e. The number of carbonyl (C=O) groups excluding carboxylic acids is 1. The van der Waals surface area contributed by atoms with Crippen molar-refractivity contribution in [2.45, 2.75) is 6.92 Å². The molecule has 0 bridgehead atoms. The zero-order valence-electron chi connectivity index (χ0n) is 11.5. The predicted octanol–water partition coefficient (Wildman–Crippen LogP) is 5.13. The van der Waals surface area contributed by atoms with Crippen molar-refractivity contribution in [1.29, 1.82) is 0 Å². The van der Waals surface area contributed by atoms with Crippen LogP contribution >= 0.6 is 15.9 Å². The van der Waals surface area contributed by atoms with Crippen LogP contribution in [0.3, 0.4) is 0 Å². The Morgan fingerprint density at radius 2 is 1.76 bits per heavy atom. The Labute approximate surface area is 131 Å². The molecule has 104 valence electrons. The quantitative estimate of drug-likeness (QED) is 0.477. The second kappa shape index (κ2) is 5.70. The second-order valence-electron chi connectivity index (χ2n) is 4.83. The first kappa shape index (κ1) is 13.8. The summed E-state index contributed by atoms with van der Waals surface area (Å²) in [5.74, 6) is 0.219. The highest BCUT2D eigenvalue weighted by Crippen LogP contribution is 2.27. The van der Waals surface area contributed by atoms with Crippen LogP contribution < -0.4 is 4.74 Å². The maximum absolute atomic E-state index is 12.3. The van der Waals surface area contributed by atoms with E-state index in [-0.39, 0.29) is 5.97 Å². The fourth-order valence-electron chi connectivity index (χ4n) is 2.27. The van der Waals surface area contributed by atoms with Gasteiger partial charge in [-0.05, 0) is 53.6 Å². The molecule has 0 saturated heterocycles. The fraction of sp³-hybridized carbons (Fsp3) is 0.0556. The number of halogens is 1. The van der Waals surface area contributed by atoms with Gasteiger partial charge in [0.05, 0.1) is 5.56 Å². The minimum Gasteiger partial charge on any atom is -0.423 e. The molecule has 0 heterocycles. The summed E-state index contributed by atoms with van der Waals surface area (Å²) in [7, 11) is 0. The van der Waals surface area contributed by atoms with Crippen LogP contribution in [0.15, 0.2) is 65.1 Å². The Bertz CT molecular complexity index is 810. The van der Waals surface area contributed by atoms with Crippen LogP contribution in [-0.2, 0) is 0 Å². The van der Waals surface area contributed by atoms with Crippen molar-refractivity contribution in [1.82, 2.24) is 0 Å². The highest BCUT2D eigenvalue weighted by molar-refractivity contribution is 9.10. The van der Waals surface area contributed by atoms with Gasteiger partial charge in [-0.3, -0.25) is 0 Å². The van der Waals surface area contributed by atoms with Gasteiger partial charge >= 0.3 is 5.97 Å². The Balaban J connectivity index is 2.00. The Morgan fingerprint density at radius 3 is 2.52 bits per heavy atom. The highest BCUT2D eigenvalue weighted by Gasteiger charge is 2.13.